The van der Waals surface area contributed by atoms with Crippen LogP contribution in [0.1, 0.15) is 103 Å². The number of ether oxygens (including phenoxy) is 3. The quantitative estimate of drug-likeness (QED) is 0.0458. The summed E-state index contributed by atoms with van der Waals surface area (Å²) >= 11 is 0. The fourth-order valence-corrected chi connectivity index (χ4v) is 5.36. The Labute approximate surface area is 309 Å². The number of aliphatic hydroxyl groups is 1. The van der Waals surface area contributed by atoms with E-state index in [1.165, 1.54) is 18.9 Å². The number of carboxylic acids is 1. The summed E-state index contributed by atoms with van der Waals surface area (Å²) in [4.78, 5) is 65.7. The second kappa shape index (κ2) is 26.5. The summed E-state index contributed by atoms with van der Waals surface area (Å²) in [5, 5.41) is 24.1. The number of allylic oxidation sites excluding steroid dienone is 1. The average molecular weight is 729 g/mol. The number of benzene rings is 1. The Morgan fingerprint density at radius 3 is 2.17 bits per heavy atom. The monoisotopic (exact) mass is 728 g/mol. The lowest BCUT2D eigenvalue weighted by Gasteiger charge is -2.30. The molecule has 0 saturated carbocycles. The lowest BCUT2D eigenvalue weighted by molar-refractivity contribution is -0.174. The highest BCUT2D eigenvalue weighted by molar-refractivity contribution is 5.95. The molecule has 0 unspecified atom stereocenters. The molecule has 0 aromatic heterocycles. The van der Waals surface area contributed by atoms with Crippen LogP contribution in [-0.2, 0) is 39.9 Å². The van der Waals surface area contributed by atoms with E-state index >= 15 is 0 Å². The minimum absolute atomic E-state index is 0.0106. The molecule has 1 aromatic carbocycles. The SMILES string of the molecule is CC#CCOc1ccc(C[C@H](NC(=O)[C@@H](C=CCCCCCCC(=O)CCCCCCC)[C@@](O)(CC(=O)OCCN(C)C)C(=O)O)C(=O)OC)cc1. The van der Waals surface area contributed by atoms with Gasteiger partial charge in [0.1, 0.15) is 30.8 Å². The van der Waals surface area contributed by atoms with Crippen molar-refractivity contribution in [3.05, 3.63) is 42.0 Å². The number of likely N-dealkylation sites (N-methyl/N-ethyl adjacent to an activating group) is 1. The number of unbranched alkanes of at least 4 members (excludes halogenated alkanes) is 8. The summed E-state index contributed by atoms with van der Waals surface area (Å²) in [5.74, 6) is 0.0549. The summed E-state index contributed by atoms with van der Waals surface area (Å²) in [6.07, 6.45) is 12.2. The number of hydrogen-bond acceptors (Lipinski definition) is 10. The van der Waals surface area contributed by atoms with Gasteiger partial charge < -0.3 is 34.6 Å². The maximum Gasteiger partial charge on any atom is 0.337 e. The van der Waals surface area contributed by atoms with Gasteiger partial charge >= 0.3 is 17.9 Å². The van der Waals surface area contributed by atoms with Crippen LogP contribution in [0.2, 0.25) is 0 Å². The summed E-state index contributed by atoms with van der Waals surface area (Å²) in [6.45, 7) is 4.40. The van der Waals surface area contributed by atoms with E-state index in [2.05, 4.69) is 24.1 Å². The zero-order valence-electron chi connectivity index (χ0n) is 31.7. The molecule has 0 spiro atoms. The van der Waals surface area contributed by atoms with E-state index in [4.69, 9.17) is 14.2 Å². The van der Waals surface area contributed by atoms with Gasteiger partial charge in [0.05, 0.1) is 19.4 Å². The third kappa shape index (κ3) is 18.9. The molecule has 0 fully saturated rings. The number of esters is 2. The number of Topliss-reactive ketones (excluding diaryl/α,β-unsaturated/α-hetero) is 1. The van der Waals surface area contributed by atoms with E-state index in [-0.39, 0.29) is 25.4 Å². The van der Waals surface area contributed by atoms with Crippen molar-refractivity contribution in [3.63, 3.8) is 0 Å². The Morgan fingerprint density at radius 1 is 0.962 bits per heavy atom. The Kier molecular flexibility index (Phi) is 23.4. The molecule has 0 saturated heterocycles. The first kappa shape index (κ1) is 45.8. The van der Waals surface area contributed by atoms with Gasteiger partial charge in [-0.25, -0.2) is 9.59 Å². The molecule has 1 amide bonds. The minimum Gasteiger partial charge on any atom is -0.481 e. The highest BCUT2D eigenvalue weighted by Crippen LogP contribution is 2.26. The smallest absolute Gasteiger partial charge is 0.337 e. The van der Waals surface area contributed by atoms with E-state index in [0.717, 1.165) is 45.6 Å². The maximum absolute atomic E-state index is 13.8. The number of carbonyl (C=O) groups excluding carboxylic acids is 4. The van der Waals surface area contributed by atoms with Crippen molar-refractivity contribution in [3.8, 4) is 17.6 Å². The van der Waals surface area contributed by atoms with Crippen molar-refractivity contribution < 1.29 is 48.4 Å². The number of nitrogens with one attached hydrogen (secondary N) is 1. The number of carbonyl (C=O) groups is 5. The molecular formula is C40H60N2O10. The van der Waals surface area contributed by atoms with Gasteiger partial charge in [-0.1, -0.05) is 75.7 Å². The van der Waals surface area contributed by atoms with Crippen LogP contribution in [0.3, 0.4) is 0 Å². The van der Waals surface area contributed by atoms with Gasteiger partial charge in [0.15, 0.2) is 5.60 Å². The first-order chi connectivity index (χ1) is 24.9. The third-order valence-corrected chi connectivity index (χ3v) is 8.50. The molecule has 0 radical (unpaired) electrons. The van der Waals surface area contributed by atoms with Crippen LogP contribution < -0.4 is 10.1 Å². The third-order valence-electron chi connectivity index (χ3n) is 8.50. The molecule has 1 rings (SSSR count). The Hall–Kier alpha value is -4.21. The van der Waals surface area contributed by atoms with Crippen molar-refractivity contribution in [1.82, 2.24) is 10.2 Å². The Bertz CT molecular complexity index is 1330. The van der Waals surface area contributed by atoms with Gasteiger partial charge in [-0.2, -0.15) is 0 Å². The van der Waals surface area contributed by atoms with Crippen molar-refractivity contribution in [2.45, 2.75) is 115 Å². The highest BCUT2D eigenvalue weighted by atomic mass is 16.5. The lowest BCUT2D eigenvalue weighted by Crippen LogP contribution is -2.55. The van der Waals surface area contributed by atoms with Crippen molar-refractivity contribution >= 4 is 29.6 Å². The summed E-state index contributed by atoms with van der Waals surface area (Å²) < 4.78 is 15.6. The van der Waals surface area contributed by atoms with Gasteiger partial charge in [-0.05, 0) is 64.4 Å². The number of hydrogen-bond donors (Lipinski definition) is 3. The number of rotatable bonds is 28. The molecule has 52 heavy (non-hydrogen) atoms. The van der Waals surface area contributed by atoms with Crippen LogP contribution in [0.25, 0.3) is 0 Å². The number of methoxy groups -OCH3 is 1. The number of amides is 1. The number of ketones is 1. The van der Waals surface area contributed by atoms with Crippen molar-refractivity contribution in [2.24, 2.45) is 5.92 Å². The van der Waals surface area contributed by atoms with Crippen LogP contribution in [0.5, 0.6) is 5.75 Å². The molecule has 1 aromatic rings. The second-order valence-electron chi connectivity index (χ2n) is 13.1. The average Bonchev–Trinajstić information content (AvgIpc) is 3.10. The van der Waals surface area contributed by atoms with E-state index in [1.54, 1.807) is 56.3 Å². The standard InChI is InChI=1S/C40H60N2O10/c1-6-8-10-13-16-19-32(43)20-17-14-11-12-15-18-21-34(40(49,39(47)48)30-36(44)52-28-26-42(3)4)37(45)41-35(38(46)50-5)29-31-22-24-33(25-23-31)51-27-9-7-2/h18,21-25,34-35,49H,6,8,10-17,19-20,26-30H2,1-5H3,(H,41,45)(H,47,48)/t34-,35+,40+/m1/s1. The Morgan fingerprint density at radius 2 is 1.60 bits per heavy atom. The number of nitrogens with zero attached hydrogens (tertiary/aromatic N) is 1. The zero-order chi connectivity index (χ0) is 38.8. The fourth-order valence-electron chi connectivity index (χ4n) is 5.36. The van der Waals surface area contributed by atoms with Crippen LogP contribution in [0.15, 0.2) is 36.4 Å². The van der Waals surface area contributed by atoms with E-state index in [0.29, 0.717) is 43.5 Å². The van der Waals surface area contributed by atoms with E-state index in [1.807, 2.05) is 0 Å². The maximum atomic E-state index is 13.8. The number of aliphatic carboxylic acids is 1. The lowest BCUT2D eigenvalue weighted by atomic mass is 9.82. The minimum atomic E-state index is -2.88. The summed E-state index contributed by atoms with van der Waals surface area (Å²) in [6, 6.07) is 5.54. The normalized spacial score (nSPS) is 13.4. The van der Waals surface area contributed by atoms with Crippen LogP contribution in [-0.4, -0.2) is 97.3 Å². The second-order valence-corrected chi connectivity index (χ2v) is 13.1. The molecule has 12 heteroatoms. The first-order valence-electron chi connectivity index (χ1n) is 18.3. The van der Waals surface area contributed by atoms with Crippen LogP contribution in [0, 0.1) is 17.8 Å². The molecule has 290 valence electrons. The van der Waals surface area contributed by atoms with Gasteiger partial charge in [0, 0.05) is 25.8 Å². The molecule has 0 aliphatic rings. The predicted octanol–water partition coefficient (Wildman–Crippen LogP) is 5.04. The molecule has 3 N–H and O–H groups in total. The molecule has 0 aliphatic carbocycles. The largest absolute Gasteiger partial charge is 0.481 e. The van der Waals surface area contributed by atoms with Crippen LogP contribution in [0.4, 0.5) is 0 Å². The zero-order valence-corrected chi connectivity index (χ0v) is 31.7. The molecular weight excluding hydrogens is 668 g/mol. The van der Waals surface area contributed by atoms with Gasteiger partial charge in [-0.3, -0.25) is 14.4 Å². The Balaban J connectivity index is 3.04. The highest BCUT2D eigenvalue weighted by Gasteiger charge is 2.49. The van der Waals surface area contributed by atoms with Crippen LogP contribution >= 0.6 is 0 Å². The topological polar surface area (TPSA) is 169 Å². The molecule has 0 heterocycles. The molecule has 0 bridgehead atoms. The van der Waals surface area contributed by atoms with Crippen molar-refractivity contribution in [2.75, 3.05) is 41.0 Å². The van der Waals surface area contributed by atoms with E-state index in [9.17, 15) is 34.2 Å². The predicted molar refractivity (Wildman–Crippen MR) is 198 cm³/mol. The first-order valence-corrected chi connectivity index (χ1v) is 18.3. The molecule has 3 atom stereocenters. The van der Waals surface area contributed by atoms with Crippen molar-refractivity contribution in [1.29, 1.82) is 0 Å². The van der Waals surface area contributed by atoms with Gasteiger partial charge in [0.2, 0.25) is 5.91 Å². The summed E-state index contributed by atoms with van der Waals surface area (Å²) in [7, 11) is 4.70. The molecule has 12 nitrogen and oxygen atoms in total. The molecule has 0 aliphatic heterocycles. The fraction of sp³-hybridized carbons (Fsp3) is 0.625. The number of carboxylic acid groups (broad SMARTS) is 1. The van der Waals surface area contributed by atoms with Gasteiger partial charge in [0.25, 0.3) is 0 Å². The van der Waals surface area contributed by atoms with Gasteiger partial charge in [-0.15, -0.1) is 5.92 Å². The summed E-state index contributed by atoms with van der Waals surface area (Å²) in [5.41, 5.74) is -2.24. The van der Waals surface area contributed by atoms with E-state index < -0.39 is 47.8 Å².